The Labute approximate surface area is 90.0 Å². The maximum Gasteiger partial charge on any atom is 0.357 e. The van der Waals surface area contributed by atoms with E-state index in [1.165, 1.54) is 12.8 Å². The van der Waals surface area contributed by atoms with Crippen LogP contribution < -0.4 is 0 Å². The van der Waals surface area contributed by atoms with Gasteiger partial charge >= 0.3 is 5.97 Å². The first-order valence-electron chi connectivity index (χ1n) is 4.66. The molecule has 1 aromatic rings. The van der Waals surface area contributed by atoms with Crippen molar-refractivity contribution in [2.24, 2.45) is 0 Å². The quantitative estimate of drug-likeness (QED) is 0.887. The monoisotopic (exact) mass is 258 g/mol. The molecule has 1 N–H and O–H groups in total. The molecule has 1 fully saturated rings. The van der Waals surface area contributed by atoms with Gasteiger partial charge in [-0.25, -0.2) is 4.79 Å². The van der Waals surface area contributed by atoms with Crippen molar-refractivity contribution in [1.29, 1.82) is 0 Å². The number of carboxylic acid groups (broad SMARTS) is 1. The van der Waals surface area contributed by atoms with E-state index in [0.29, 0.717) is 10.5 Å². The first-order chi connectivity index (χ1) is 6.68. The number of carboxylic acids is 1. The van der Waals surface area contributed by atoms with Gasteiger partial charge < -0.3 is 5.11 Å². The van der Waals surface area contributed by atoms with Crippen LogP contribution in [0.15, 0.2) is 10.7 Å². The molecule has 4 nitrogen and oxygen atoms in total. The van der Waals surface area contributed by atoms with E-state index >= 15 is 0 Å². The van der Waals surface area contributed by atoms with Crippen molar-refractivity contribution < 1.29 is 9.90 Å². The van der Waals surface area contributed by atoms with E-state index < -0.39 is 5.97 Å². The molecular formula is C9H11BrN2O2. The largest absolute Gasteiger partial charge is 0.476 e. The van der Waals surface area contributed by atoms with Crippen LogP contribution >= 0.6 is 15.9 Å². The number of carbonyl (C=O) groups is 1. The fourth-order valence-electron chi connectivity index (χ4n) is 1.87. The molecule has 1 aliphatic carbocycles. The van der Waals surface area contributed by atoms with Crippen LogP contribution in [0.5, 0.6) is 0 Å². The maximum atomic E-state index is 10.7. The smallest absolute Gasteiger partial charge is 0.357 e. The van der Waals surface area contributed by atoms with Crippen molar-refractivity contribution in [3.8, 4) is 0 Å². The number of halogens is 1. The lowest BCUT2D eigenvalue weighted by molar-refractivity contribution is 0.0688. The minimum atomic E-state index is -0.978. The molecule has 0 aromatic carbocycles. The molecule has 0 spiro atoms. The SMILES string of the molecule is O=C(O)c1nn(C2CCCC2)cc1Br. The predicted octanol–water partition coefficient (Wildman–Crippen LogP) is 2.46. The molecule has 5 heteroatoms. The zero-order valence-electron chi connectivity index (χ0n) is 7.61. The number of hydrogen-bond acceptors (Lipinski definition) is 2. The Kier molecular flexibility index (Phi) is 2.58. The summed E-state index contributed by atoms with van der Waals surface area (Å²) in [6.07, 6.45) is 6.40. The van der Waals surface area contributed by atoms with E-state index in [1.54, 1.807) is 10.9 Å². The zero-order valence-corrected chi connectivity index (χ0v) is 9.20. The molecule has 0 bridgehead atoms. The molecule has 14 heavy (non-hydrogen) atoms. The van der Waals surface area contributed by atoms with Gasteiger partial charge in [-0.2, -0.15) is 5.10 Å². The van der Waals surface area contributed by atoms with E-state index in [4.69, 9.17) is 5.11 Å². The van der Waals surface area contributed by atoms with Gasteiger partial charge in [0.15, 0.2) is 5.69 Å². The minimum absolute atomic E-state index is 0.108. The van der Waals surface area contributed by atoms with E-state index in [2.05, 4.69) is 21.0 Å². The minimum Gasteiger partial charge on any atom is -0.476 e. The second-order valence-electron chi connectivity index (χ2n) is 3.55. The van der Waals surface area contributed by atoms with Gasteiger partial charge in [0.25, 0.3) is 0 Å². The van der Waals surface area contributed by atoms with Crippen LogP contribution in [0.4, 0.5) is 0 Å². The van der Waals surface area contributed by atoms with Crippen molar-refractivity contribution >= 4 is 21.9 Å². The first-order valence-corrected chi connectivity index (χ1v) is 5.45. The van der Waals surface area contributed by atoms with Gasteiger partial charge in [-0.15, -0.1) is 0 Å². The highest BCUT2D eigenvalue weighted by molar-refractivity contribution is 9.10. The van der Waals surface area contributed by atoms with E-state index in [0.717, 1.165) is 12.8 Å². The fourth-order valence-corrected chi connectivity index (χ4v) is 2.33. The molecule has 0 atom stereocenters. The summed E-state index contributed by atoms with van der Waals surface area (Å²) in [7, 11) is 0. The van der Waals surface area contributed by atoms with Crippen molar-refractivity contribution in [2.75, 3.05) is 0 Å². The first kappa shape index (κ1) is 9.71. The van der Waals surface area contributed by atoms with Crippen molar-refractivity contribution in [3.63, 3.8) is 0 Å². The van der Waals surface area contributed by atoms with Gasteiger partial charge in [-0.1, -0.05) is 12.8 Å². The lowest BCUT2D eigenvalue weighted by Gasteiger charge is -2.08. The highest BCUT2D eigenvalue weighted by atomic mass is 79.9. The number of rotatable bonds is 2. The average Bonchev–Trinajstić information content (AvgIpc) is 2.70. The molecule has 76 valence electrons. The molecule has 0 saturated heterocycles. The highest BCUT2D eigenvalue weighted by Crippen LogP contribution is 2.30. The highest BCUT2D eigenvalue weighted by Gasteiger charge is 2.21. The molecular weight excluding hydrogens is 248 g/mol. The van der Waals surface area contributed by atoms with Gasteiger partial charge in [0.1, 0.15) is 0 Å². The third-order valence-electron chi connectivity index (χ3n) is 2.59. The van der Waals surface area contributed by atoms with Crippen LogP contribution in [0, 0.1) is 0 Å². The molecule has 1 aromatic heterocycles. The van der Waals surface area contributed by atoms with Gasteiger partial charge in [-0.3, -0.25) is 4.68 Å². The Morgan fingerprint density at radius 3 is 2.71 bits per heavy atom. The third kappa shape index (κ3) is 1.68. The number of hydrogen-bond donors (Lipinski definition) is 1. The molecule has 1 heterocycles. The van der Waals surface area contributed by atoms with Crippen molar-refractivity contribution in [3.05, 3.63) is 16.4 Å². The summed E-state index contributed by atoms with van der Waals surface area (Å²) in [5.74, 6) is -0.978. The number of aromatic carboxylic acids is 1. The summed E-state index contributed by atoms with van der Waals surface area (Å²) in [5.41, 5.74) is 0.108. The predicted molar refractivity (Wildman–Crippen MR) is 54.4 cm³/mol. The van der Waals surface area contributed by atoms with Crippen molar-refractivity contribution in [1.82, 2.24) is 9.78 Å². The lowest BCUT2D eigenvalue weighted by atomic mass is 10.3. The number of aromatic nitrogens is 2. The van der Waals surface area contributed by atoms with Crippen LogP contribution in [0.3, 0.4) is 0 Å². The molecule has 0 aliphatic heterocycles. The molecule has 0 unspecified atom stereocenters. The Bertz CT molecular complexity index is 356. The average molecular weight is 259 g/mol. The summed E-state index contributed by atoms with van der Waals surface area (Å²) in [6.45, 7) is 0. The topological polar surface area (TPSA) is 55.1 Å². The van der Waals surface area contributed by atoms with Gasteiger partial charge in [0.05, 0.1) is 10.5 Å². The van der Waals surface area contributed by atoms with Crippen LogP contribution in [-0.2, 0) is 0 Å². The Morgan fingerprint density at radius 2 is 2.21 bits per heavy atom. The van der Waals surface area contributed by atoms with Gasteiger partial charge in [-0.05, 0) is 28.8 Å². The van der Waals surface area contributed by atoms with Crippen LogP contribution in [0.1, 0.15) is 42.2 Å². The summed E-state index contributed by atoms with van der Waals surface area (Å²) >= 11 is 3.20. The maximum absolute atomic E-state index is 10.7. The second-order valence-corrected chi connectivity index (χ2v) is 4.40. The second kappa shape index (κ2) is 3.73. The van der Waals surface area contributed by atoms with Crippen LogP contribution in [-0.4, -0.2) is 20.9 Å². The van der Waals surface area contributed by atoms with Gasteiger partial charge in [0, 0.05) is 6.20 Å². The normalized spacial score (nSPS) is 17.5. The Hall–Kier alpha value is -0.840. The standard InChI is InChI=1S/C9H11BrN2O2/c10-7-5-12(6-3-1-2-4-6)11-8(7)9(13)14/h5-6H,1-4H2,(H,13,14). The summed E-state index contributed by atoms with van der Waals surface area (Å²) in [4.78, 5) is 10.7. The molecule has 0 radical (unpaired) electrons. The van der Waals surface area contributed by atoms with Crippen LogP contribution in [0.2, 0.25) is 0 Å². The lowest BCUT2D eigenvalue weighted by Crippen LogP contribution is -2.07. The summed E-state index contributed by atoms with van der Waals surface area (Å²) in [6, 6.07) is 0.388. The summed E-state index contributed by atoms with van der Waals surface area (Å²) < 4.78 is 2.34. The molecule has 1 saturated carbocycles. The fraction of sp³-hybridized carbons (Fsp3) is 0.556. The zero-order chi connectivity index (χ0) is 10.1. The number of nitrogens with zero attached hydrogens (tertiary/aromatic N) is 2. The Balaban J connectivity index is 2.27. The molecule has 2 rings (SSSR count). The van der Waals surface area contributed by atoms with Crippen molar-refractivity contribution in [2.45, 2.75) is 31.7 Å². The third-order valence-corrected chi connectivity index (χ3v) is 3.17. The van der Waals surface area contributed by atoms with E-state index in [1.807, 2.05) is 0 Å². The van der Waals surface area contributed by atoms with Crippen LogP contribution in [0.25, 0.3) is 0 Å². The molecule has 1 aliphatic rings. The van der Waals surface area contributed by atoms with E-state index in [9.17, 15) is 4.79 Å². The summed E-state index contributed by atoms with van der Waals surface area (Å²) in [5, 5.41) is 12.9. The van der Waals surface area contributed by atoms with Gasteiger partial charge in [0.2, 0.25) is 0 Å². The van der Waals surface area contributed by atoms with E-state index in [-0.39, 0.29) is 5.69 Å². The molecule has 0 amide bonds. The Morgan fingerprint density at radius 1 is 1.57 bits per heavy atom.